The summed E-state index contributed by atoms with van der Waals surface area (Å²) in [7, 11) is 0. The molecule has 3 aromatic rings. The lowest BCUT2D eigenvalue weighted by molar-refractivity contribution is 1.10. The summed E-state index contributed by atoms with van der Waals surface area (Å²) in [5.41, 5.74) is 5.54. The summed E-state index contributed by atoms with van der Waals surface area (Å²) in [6.07, 6.45) is 3.72. The predicted octanol–water partition coefficient (Wildman–Crippen LogP) is 4.39. The fraction of sp³-hybridized carbons (Fsp3) is 0. The molecule has 0 bridgehead atoms. The van der Waals surface area contributed by atoms with Crippen molar-refractivity contribution in [3.63, 3.8) is 0 Å². The second-order valence-corrected chi connectivity index (χ2v) is 4.35. The zero-order valence-electron chi connectivity index (χ0n) is 10.5. The molecule has 0 spiro atoms. The molecule has 0 atom stereocenters. The molecule has 0 amide bonds. The van der Waals surface area contributed by atoms with Crippen LogP contribution in [0.4, 0.5) is 0 Å². The summed E-state index contributed by atoms with van der Waals surface area (Å²) < 4.78 is 0. The number of nitrogens with one attached hydrogen (secondary N) is 1. The summed E-state index contributed by atoms with van der Waals surface area (Å²) in [5.74, 6) is 0. The summed E-state index contributed by atoms with van der Waals surface area (Å²) in [6.45, 7) is 3.81. The van der Waals surface area contributed by atoms with Crippen LogP contribution in [0, 0.1) is 0 Å². The molecule has 2 heteroatoms. The third-order valence-electron chi connectivity index (χ3n) is 3.14. The molecule has 1 N–H and O–H groups in total. The number of H-pyrrole nitrogens is 1. The lowest BCUT2D eigenvalue weighted by Crippen LogP contribution is -1.83. The smallest absolute Gasteiger partial charge is 0.0728 e. The number of rotatable bonds is 3. The van der Waals surface area contributed by atoms with Gasteiger partial charge in [0.2, 0.25) is 0 Å². The van der Waals surface area contributed by atoms with E-state index < -0.39 is 0 Å². The number of aromatic amines is 1. The number of benzene rings is 2. The SMILES string of the molecule is C=Cc1cccc(-c2cn[nH]c2-c2ccccc2)c1. The van der Waals surface area contributed by atoms with Crippen molar-refractivity contribution in [2.75, 3.05) is 0 Å². The van der Waals surface area contributed by atoms with Gasteiger partial charge in [0.05, 0.1) is 11.9 Å². The van der Waals surface area contributed by atoms with Gasteiger partial charge in [-0.15, -0.1) is 0 Å². The van der Waals surface area contributed by atoms with Crippen molar-refractivity contribution in [1.82, 2.24) is 10.2 Å². The first-order valence-electron chi connectivity index (χ1n) is 6.20. The average Bonchev–Trinajstić information content (AvgIpc) is 2.98. The van der Waals surface area contributed by atoms with Crippen LogP contribution in [0.1, 0.15) is 5.56 Å². The molecule has 0 fully saturated rings. The van der Waals surface area contributed by atoms with Crippen molar-refractivity contribution in [3.8, 4) is 22.4 Å². The maximum absolute atomic E-state index is 4.18. The normalized spacial score (nSPS) is 10.3. The van der Waals surface area contributed by atoms with Crippen LogP contribution in [0.2, 0.25) is 0 Å². The Bertz CT molecular complexity index is 696. The van der Waals surface area contributed by atoms with Crippen LogP contribution in [-0.4, -0.2) is 10.2 Å². The summed E-state index contributed by atoms with van der Waals surface area (Å²) in [4.78, 5) is 0. The Hall–Kier alpha value is -2.61. The van der Waals surface area contributed by atoms with Crippen molar-refractivity contribution < 1.29 is 0 Å². The number of hydrogen-bond acceptors (Lipinski definition) is 1. The first-order chi connectivity index (χ1) is 9.38. The van der Waals surface area contributed by atoms with E-state index in [4.69, 9.17) is 0 Å². The van der Waals surface area contributed by atoms with Crippen LogP contribution in [0.15, 0.2) is 67.4 Å². The molecule has 0 unspecified atom stereocenters. The predicted molar refractivity (Wildman–Crippen MR) is 79.6 cm³/mol. The van der Waals surface area contributed by atoms with E-state index in [1.807, 2.05) is 42.6 Å². The third-order valence-corrected chi connectivity index (χ3v) is 3.14. The second kappa shape index (κ2) is 4.94. The molecule has 3 rings (SSSR count). The van der Waals surface area contributed by atoms with Gasteiger partial charge in [0, 0.05) is 11.1 Å². The van der Waals surface area contributed by atoms with Crippen molar-refractivity contribution in [1.29, 1.82) is 0 Å². The van der Waals surface area contributed by atoms with Crippen LogP contribution in [-0.2, 0) is 0 Å². The highest BCUT2D eigenvalue weighted by Crippen LogP contribution is 2.30. The summed E-state index contributed by atoms with van der Waals surface area (Å²) in [5, 5.41) is 7.26. The molecule has 0 aliphatic carbocycles. The van der Waals surface area contributed by atoms with Gasteiger partial charge in [-0.05, 0) is 17.2 Å². The van der Waals surface area contributed by atoms with Gasteiger partial charge in [0.15, 0.2) is 0 Å². The van der Waals surface area contributed by atoms with E-state index in [1.165, 1.54) is 0 Å². The Morgan fingerprint density at radius 1 is 0.947 bits per heavy atom. The number of hydrogen-bond donors (Lipinski definition) is 1. The van der Waals surface area contributed by atoms with Crippen LogP contribution >= 0.6 is 0 Å². The van der Waals surface area contributed by atoms with E-state index in [2.05, 4.69) is 41.0 Å². The average molecular weight is 246 g/mol. The van der Waals surface area contributed by atoms with Gasteiger partial charge in [-0.25, -0.2) is 0 Å². The maximum atomic E-state index is 4.18. The minimum absolute atomic E-state index is 1.04. The van der Waals surface area contributed by atoms with E-state index in [9.17, 15) is 0 Å². The van der Waals surface area contributed by atoms with E-state index in [0.717, 1.165) is 27.9 Å². The monoisotopic (exact) mass is 246 g/mol. The van der Waals surface area contributed by atoms with Crippen molar-refractivity contribution >= 4 is 6.08 Å². The van der Waals surface area contributed by atoms with Crippen molar-refractivity contribution in [3.05, 3.63) is 72.9 Å². The Labute approximate surface area is 112 Å². The fourth-order valence-electron chi connectivity index (χ4n) is 2.16. The lowest BCUT2D eigenvalue weighted by atomic mass is 10.0. The van der Waals surface area contributed by atoms with Crippen LogP contribution in [0.25, 0.3) is 28.5 Å². The highest BCUT2D eigenvalue weighted by molar-refractivity contribution is 5.81. The van der Waals surface area contributed by atoms with E-state index in [1.54, 1.807) is 0 Å². The minimum atomic E-state index is 1.04. The highest BCUT2D eigenvalue weighted by Gasteiger charge is 2.09. The van der Waals surface area contributed by atoms with Crippen LogP contribution in [0.3, 0.4) is 0 Å². The first kappa shape index (κ1) is 11.5. The maximum Gasteiger partial charge on any atom is 0.0728 e. The van der Waals surface area contributed by atoms with Crippen molar-refractivity contribution in [2.24, 2.45) is 0 Å². The Balaban J connectivity index is 2.12. The molecular formula is C17H14N2. The highest BCUT2D eigenvalue weighted by atomic mass is 15.1. The zero-order chi connectivity index (χ0) is 13.1. The van der Waals surface area contributed by atoms with Crippen molar-refractivity contribution in [2.45, 2.75) is 0 Å². The molecule has 1 heterocycles. The van der Waals surface area contributed by atoms with E-state index >= 15 is 0 Å². The van der Waals surface area contributed by atoms with Crippen LogP contribution in [0.5, 0.6) is 0 Å². The molecule has 1 aromatic heterocycles. The molecule has 0 saturated carbocycles. The van der Waals surface area contributed by atoms with Gasteiger partial charge >= 0.3 is 0 Å². The molecule has 2 nitrogen and oxygen atoms in total. The summed E-state index contributed by atoms with van der Waals surface area (Å²) in [6, 6.07) is 18.5. The molecule has 2 aromatic carbocycles. The minimum Gasteiger partial charge on any atom is -0.277 e. The van der Waals surface area contributed by atoms with Crippen LogP contribution < -0.4 is 0 Å². The molecular weight excluding hydrogens is 232 g/mol. The van der Waals surface area contributed by atoms with E-state index in [0.29, 0.717) is 0 Å². The van der Waals surface area contributed by atoms with Gasteiger partial charge in [0.1, 0.15) is 0 Å². The second-order valence-electron chi connectivity index (χ2n) is 4.35. The Morgan fingerprint density at radius 3 is 2.53 bits per heavy atom. The first-order valence-corrected chi connectivity index (χ1v) is 6.20. The third kappa shape index (κ3) is 2.20. The van der Waals surface area contributed by atoms with Gasteiger partial charge in [-0.1, -0.05) is 61.2 Å². The van der Waals surface area contributed by atoms with Gasteiger partial charge < -0.3 is 0 Å². The van der Waals surface area contributed by atoms with Gasteiger partial charge in [0.25, 0.3) is 0 Å². The molecule has 0 aliphatic heterocycles. The largest absolute Gasteiger partial charge is 0.277 e. The zero-order valence-corrected chi connectivity index (χ0v) is 10.5. The number of aromatic nitrogens is 2. The molecule has 0 radical (unpaired) electrons. The molecule has 0 aliphatic rings. The topological polar surface area (TPSA) is 28.7 Å². The van der Waals surface area contributed by atoms with E-state index in [-0.39, 0.29) is 0 Å². The Morgan fingerprint density at radius 2 is 1.74 bits per heavy atom. The van der Waals surface area contributed by atoms with Gasteiger partial charge in [-0.2, -0.15) is 5.10 Å². The van der Waals surface area contributed by atoms with Gasteiger partial charge in [-0.3, -0.25) is 5.10 Å². The fourth-order valence-corrected chi connectivity index (χ4v) is 2.16. The molecule has 0 saturated heterocycles. The number of nitrogens with zero attached hydrogens (tertiary/aromatic N) is 1. The molecule has 19 heavy (non-hydrogen) atoms. The standard InChI is InChI=1S/C17H14N2/c1-2-13-7-6-10-15(11-13)16-12-18-19-17(16)14-8-4-3-5-9-14/h2-12H,1H2,(H,18,19). The summed E-state index contributed by atoms with van der Waals surface area (Å²) >= 11 is 0. The molecule has 92 valence electrons. The Kier molecular flexibility index (Phi) is 2.99. The quantitative estimate of drug-likeness (QED) is 0.729. The lowest BCUT2D eigenvalue weighted by Gasteiger charge is -2.04.